The second-order valence-electron chi connectivity index (χ2n) is 8.67. The third kappa shape index (κ3) is 1.95. The Morgan fingerprint density at radius 2 is 1.93 bits per heavy atom. The fraction of sp³-hybridized carbons (Fsp3) is 0.333. The Hall–Kier alpha value is -2.40. The van der Waals surface area contributed by atoms with E-state index in [9.17, 15) is 0 Å². The first kappa shape index (κ1) is 17.5. The Morgan fingerprint density at radius 1 is 1.17 bits per heavy atom. The standard InChI is InChI=1S/C24H23FN3S/c1-11(2)23-22-18-20(27(5)10-26-24(18)29-23)16-12(3)13(4)19(25)17-14-8-6-7-9-15(14)28(22)21(16)17/h6-11,18,24H,1-5H3/q+1. The summed E-state index contributed by atoms with van der Waals surface area (Å²) < 4.78 is 20.2. The minimum atomic E-state index is -0.0868. The van der Waals surface area contributed by atoms with Gasteiger partial charge in [-0.1, -0.05) is 48.8 Å². The van der Waals surface area contributed by atoms with Crippen LogP contribution in [0.3, 0.4) is 0 Å². The number of benzene rings is 2. The van der Waals surface area contributed by atoms with E-state index in [1.807, 2.05) is 31.1 Å². The van der Waals surface area contributed by atoms with Crippen molar-refractivity contribution in [3.8, 4) is 0 Å². The highest BCUT2D eigenvalue weighted by molar-refractivity contribution is 8.04. The van der Waals surface area contributed by atoms with Crippen LogP contribution < -0.4 is 0 Å². The predicted molar refractivity (Wildman–Crippen MR) is 121 cm³/mol. The van der Waals surface area contributed by atoms with Crippen molar-refractivity contribution in [2.24, 2.45) is 16.8 Å². The molecule has 29 heavy (non-hydrogen) atoms. The number of para-hydroxylation sites is 1. The van der Waals surface area contributed by atoms with Crippen molar-refractivity contribution in [2.45, 2.75) is 33.1 Å². The van der Waals surface area contributed by atoms with Gasteiger partial charge >= 0.3 is 0 Å². The summed E-state index contributed by atoms with van der Waals surface area (Å²) in [6, 6.07) is 8.26. The van der Waals surface area contributed by atoms with E-state index in [0.717, 1.165) is 32.9 Å². The van der Waals surface area contributed by atoms with Crippen LogP contribution in [0.2, 0.25) is 0 Å². The number of halogens is 1. The van der Waals surface area contributed by atoms with Crippen LogP contribution in [0.5, 0.6) is 0 Å². The zero-order valence-electron chi connectivity index (χ0n) is 17.2. The van der Waals surface area contributed by atoms with Crippen molar-refractivity contribution in [3.63, 3.8) is 0 Å². The first-order chi connectivity index (χ1) is 13.9. The average Bonchev–Trinajstić information content (AvgIpc) is 3.25. The van der Waals surface area contributed by atoms with Crippen LogP contribution in [0.15, 0.2) is 34.2 Å². The lowest BCUT2D eigenvalue weighted by Crippen LogP contribution is -2.39. The summed E-state index contributed by atoms with van der Waals surface area (Å²) in [5.74, 6) is 0.509. The van der Waals surface area contributed by atoms with Crippen LogP contribution in [0.4, 0.5) is 4.39 Å². The number of aliphatic imine (C=N–C) groups is 1. The summed E-state index contributed by atoms with van der Waals surface area (Å²) in [5.41, 5.74) is 7.66. The molecule has 146 valence electrons. The van der Waals surface area contributed by atoms with Crippen LogP contribution in [-0.4, -0.2) is 33.6 Å². The lowest BCUT2D eigenvalue weighted by atomic mass is 9.83. The van der Waals surface area contributed by atoms with Gasteiger partial charge in [0.2, 0.25) is 5.37 Å². The number of hydrogen-bond donors (Lipinski definition) is 0. The number of aromatic nitrogens is 1. The van der Waals surface area contributed by atoms with Gasteiger partial charge in [0.15, 0.2) is 0 Å². The van der Waals surface area contributed by atoms with Crippen LogP contribution in [0.1, 0.15) is 30.5 Å². The molecule has 2 aromatic carbocycles. The van der Waals surface area contributed by atoms with Crippen molar-refractivity contribution >= 4 is 51.3 Å². The van der Waals surface area contributed by atoms with Gasteiger partial charge in [-0.3, -0.25) is 0 Å². The van der Waals surface area contributed by atoms with Crippen molar-refractivity contribution < 1.29 is 8.97 Å². The van der Waals surface area contributed by atoms with Crippen molar-refractivity contribution in [1.82, 2.24) is 4.57 Å². The van der Waals surface area contributed by atoms with Gasteiger partial charge in [-0.05, 0) is 37.0 Å². The van der Waals surface area contributed by atoms with Crippen LogP contribution in [0.25, 0.3) is 27.5 Å². The topological polar surface area (TPSA) is 20.3 Å². The maximum atomic E-state index is 15.7. The van der Waals surface area contributed by atoms with Crippen LogP contribution in [0, 0.1) is 31.5 Å². The zero-order valence-corrected chi connectivity index (χ0v) is 18.1. The Kier molecular flexibility index (Phi) is 3.37. The van der Waals surface area contributed by atoms with Crippen molar-refractivity contribution in [1.29, 1.82) is 0 Å². The highest BCUT2D eigenvalue weighted by Gasteiger charge is 2.51. The molecule has 2 unspecified atom stereocenters. The van der Waals surface area contributed by atoms with E-state index in [2.05, 4.69) is 55.2 Å². The highest BCUT2D eigenvalue weighted by atomic mass is 32.2. The van der Waals surface area contributed by atoms with E-state index < -0.39 is 0 Å². The number of fused-ring (bicyclic) bond motifs is 5. The molecule has 3 aliphatic heterocycles. The fourth-order valence-electron chi connectivity index (χ4n) is 5.37. The molecule has 0 amide bonds. The SMILES string of the molecule is Cc1c(C)c2c3c(c1F)c1ccccc1n3C1=C(C(C)C)SC3N=C[N+](C)=C2C13. The monoisotopic (exact) mass is 404 g/mol. The number of rotatable bonds is 1. The molecule has 0 N–H and O–H groups in total. The van der Waals surface area contributed by atoms with E-state index in [1.165, 1.54) is 21.9 Å². The largest absolute Gasteiger partial charge is 0.310 e. The first-order valence-electron chi connectivity index (χ1n) is 10.2. The number of nitrogens with zero attached hydrogens (tertiary/aromatic N) is 3. The average molecular weight is 405 g/mol. The van der Waals surface area contributed by atoms with Crippen LogP contribution >= 0.6 is 11.8 Å². The second kappa shape index (κ2) is 5.60. The van der Waals surface area contributed by atoms with E-state index >= 15 is 4.39 Å². The molecule has 5 heteroatoms. The Morgan fingerprint density at radius 3 is 2.69 bits per heavy atom. The normalized spacial score (nSPS) is 22.6. The van der Waals surface area contributed by atoms with Gasteiger partial charge in [0.1, 0.15) is 17.4 Å². The van der Waals surface area contributed by atoms with E-state index in [-0.39, 0.29) is 17.1 Å². The van der Waals surface area contributed by atoms with E-state index in [4.69, 9.17) is 4.99 Å². The Balaban J connectivity index is 1.96. The summed E-state index contributed by atoms with van der Waals surface area (Å²) in [5, 5.41) is 1.91. The molecular weight excluding hydrogens is 381 g/mol. The smallest absolute Gasteiger partial charge is 0.281 e. The molecular formula is C24H23FN3S+. The lowest BCUT2D eigenvalue weighted by molar-refractivity contribution is -0.364. The Bertz CT molecular complexity index is 1360. The molecule has 0 fully saturated rings. The highest BCUT2D eigenvalue weighted by Crippen LogP contribution is 2.55. The third-order valence-corrected chi connectivity index (χ3v) is 8.33. The zero-order chi connectivity index (χ0) is 20.2. The maximum Gasteiger partial charge on any atom is 0.281 e. The molecule has 0 saturated heterocycles. The van der Waals surface area contributed by atoms with Gasteiger partial charge in [0.05, 0.1) is 18.1 Å². The quantitative estimate of drug-likeness (QED) is 0.487. The van der Waals surface area contributed by atoms with E-state index in [0.29, 0.717) is 5.92 Å². The first-order valence-corrected chi connectivity index (χ1v) is 11.1. The van der Waals surface area contributed by atoms with Crippen LogP contribution in [-0.2, 0) is 0 Å². The molecule has 3 nitrogen and oxygen atoms in total. The molecule has 0 aliphatic carbocycles. The minimum Gasteiger partial charge on any atom is -0.310 e. The number of hydrogen-bond acceptors (Lipinski definition) is 2. The summed E-state index contributed by atoms with van der Waals surface area (Å²) >= 11 is 1.88. The summed E-state index contributed by atoms with van der Waals surface area (Å²) in [7, 11) is 2.08. The van der Waals surface area contributed by atoms with Gasteiger partial charge in [0, 0.05) is 26.9 Å². The van der Waals surface area contributed by atoms with Crippen molar-refractivity contribution in [3.05, 3.63) is 51.7 Å². The molecule has 1 aromatic heterocycles. The van der Waals surface area contributed by atoms with Crippen molar-refractivity contribution in [2.75, 3.05) is 7.05 Å². The molecule has 0 saturated carbocycles. The van der Waals surface area contributed by atoms with Gasteiger partial charge in [-0.15, -0.1) is 0 Å². The molecule has 0 radical (unpaired) electrons. The summed E-state index contributed by atoms with van der Waals surface area (Å²) in [4.78, 5) is 6.24. The second-order valence-corrected chi connectivity index (χ2v) is 9.82. The lowest BCUT2D eigenvalue weighted by Gasteiger charge is -2.30. The van der Waals surface area contributed by atoms with Gasteiger partial charge in [-0.2, -0.15) is 0 Å². The molecule has 3 aromatic rings. The van der Waals surface area contributed by atoms with Gasteiger partial charge < -0.3 is 4.57 Å². The molecule has 6 rings (SSSR count). The minimum absolute atomic E-state index is 0.0868. The molecule has 0 bridgehead atoms. The van der Waals surface area contributed by atoms with Gasteiger partial charge in [-0.25, -0.2) is 8.97 Å². The third-order valence-electron chi connectivity index (χ3n) is 6.76. The molecule has 3 aliphatic rings. The number of allylic oxidation sites excluding steroid dienone is 1. The number of thioether (sulfide) groups is 1. The molecule has 0 spiro atoms. The van der Waals surface area contributed by atoms with E-state index in [1.54, 1.807) is 0 Å². The Labute approximate surface area is 173 Å². The summed E-state index contributed by atoms with van der Waals surface area (Å²) in [6.45, 7) is 8.48. The predicted octanol–water partition coefficient (Wildman–Crippen LogP) is 5.55. The fourth-order valence-corrected chi connectivity index (χ4v) is 6.75. The molecule has 4 heterocycles. The summed E-state index contributed by atoms with van der Waals surface area (Å²) in [6.07, 6.45) is 1.95. The maximum absolute atomic E-state index is 15.7. The molecule has 2 atom stereocenters. The van der Waals surface area contributed by atoms with Gasteiger partial charge in [0.25, 0.3) is 6.34 Å².